The van der Waals surface area contributed by atoms with Crippen LogP contribution in [0.25, 0.3) is 0 Å². The predicted molar refractivity (Wildman–Crippen MR) is 81.1 cm³/mol. The van der Waals surface area contributed by atoms with Crippen molar-refractivity contribution in [1.82, 2.24) is 5.32 Å². The van der Waals surface area contributed by atoms with Gasteiger partial charge in [0.2, 0.25) is 5.91 Å². The summed E-state index contributed by atoms with van der Waals surface area (Å²) >= 11 is 0. The molecule has 1 aliphatic carbocycles. The van der Waals surface area contributed by atoms with E-state index in [4.69, 9.17) is 0 Å². The molecule has 0 aliphatic heterocycles. The zero-order valence-corrected chi connectivity index (χ0v) is 12.2. The van der Waals surface area contributed by atoms with Crippen molar-refractivity contribution < 1.29 is 9.72 Å². The van der Waals surface area contributed by atoms with Gasteiger partial charge in [-0.2, -0.15) is 0 Å². The van der Waals surface area contributed by atoms with Crippen LogP contribution in [0.5, 0.6) is 0 Å². The van der Waals surface area contributed by atoms with E-state index in [0.29, 0.717) is 11.6 Å². The monoisotopic (exact) mass is 291 g/mol. The van der Waals surface area contributed by atoms with Crippen molar-refractivity contribution in [2.45, 2.75) is 38.6 Å². The predicted octanol–water partition coefficient (Wildman–Crippen LogP) is 2.70. The smallest absolute Gasteiger partial charge is 0.271 e. The molecule has 6 heteroatoms. The van der Waals surface area contributed by atoms with Crippen LogP contribution in [0.2, 0.25) is 0 Å². The molecule has 6 nitrogen and oxygen atoms in total. The van der Waals surface area contributed by atoms with Crippen LogP contribution < -0.4 is 10.6 Å². The first-order chi connectivity index (χ1) is 10.1. The zero-order valence-electron chi connectivity index (χ0n) is 12.2. The molecule has 2 atom stereocenters. The third kappa shape index (κ3) is 4.44. The van der Waals surface area contributed by atoms with Crippen molar-refractivity contribution >= 4 is 17.3 Å². The van der Waals surface area contributed by atoms with E-state index < -0.39 is 4.92 Å². The van der Waals surface area contributed by atoms with Crippen LogP contribution in [-0.2, 0) is 4.79 Å². The number of rotatable bonds is 5. The van der Waals surface area contributed by atoms with Gasteiger partial charge in [-0.05, 0) is 24.8 Å². The molecule has 1 saturated carbocycles. The Kier molecular flexibility index (Phi) is 5.14. The Hall–Kier alpha value is -2.11. The molecule has 114 valence electrons. The molecule has 21 heavy (non-hydrogen) atoms. The van der Waals surface area contributed by atoms with Crippen LogP contribution in [0.4, 0.5) is 11.4 Å². The molecular weight excluding hydrogens is 270 g/mol. The summed E-state index contributed by atoms with van der Waals surface area (Å²) in [5.74, 6) is 0.445. The van der Waals surface area contributed by atoms with Gasteiger partial charge in [-0.25, -0.2) is 0 Å². The van der Waals surface area contributed by atoms with E-state index in [1.165, 1.54) is 18.6 Å². The molecule has 0 heterocycles. The van der Waals surface area contributed by atoms with Gasteiger partial charge in [0.05, 0.1) is 11.5 Å². The fourth-order valence-corrected chi connectivity index (χ4v) is 2.70. The van der Waals surface area contributed by atoms with Crippen LogP contribution in [0.1, 0.15) is 32.6 Å². The number of nitrogens with one attached hydrogen (secondary N) is 2. The number of non-ortho nitro benzene ring substituents is 1. The second-order valence-corrected chi connectivity index (χ2v) is 5.60. The molecule has 1 aromatic carbocycles. The highest BCUT2D eigenvalue weighted by atomic mass is 16.6. The number of nitrogens with zero attached hydrogens (tertiary/aromatic N) is 1. The van der Waals surface area contributed by atoms with E-state index >= 15 is 0 Å². The largest absolute Gasteiger partial charge is 0.376 e. The van der Waals surface area contributed by atoms with Crippen molar-refractivity contribution in [1.29, 1.82) is 0 Å². The first-order valence-electron chi connectivity index (χ1n) is 7.34. The topological polar surface area (TPSA) is 84.3 Å². The van der Waals surface area contributed by atoms with Crippen LogP contribution >= 0.6 is 0 Å². The molecule has 1 aromatic rings. The van der Waals surface area contributed by atoms with Gasteiger partial charge in [0.1, 0.15) is 0 Å². The molecular formula is C15H21N3O3. The van der Waals surface area contributed by atoms with Crippen LogP contribution in [0.3, 0.4) is 0 Å². The Labute approximate surface area is 124 Å². The SMILES string of the molecule is C[C@@H]1CCCC[C@H]1NC(=O)CNc1cccc([N+](=O)[O-])c1. The minimum absolute atomic E-state index is 0.0151. The Morgan fingerprint density at radius 2 is 2.14 bits per heavy atom. The highest BCUT2D eigenvalue weighted by Crippen LogP contribution is 2.23. The van der Waals surface area contributed by atoms with Crippen molar-refractivity contribution in [3.63, 3.8) is 0 Å². The maximum atomic E-state index is 11.9. The number of hydrogen-bond acceptors (Lipinski definition) is 4. The van der Waals surface area contributed by atoms with E-state index in [-0.39, 0.29) is 24.2 Å². The minimum atomic E-state index is -0.449. The van der Waals surface area contributed by atoms with E-state index in [2.05, 4.69) is 17.6 Å². The molecule has 0 spiro atoms. The fraction of sp³-hybridized carbons (Fsp3) is 0.533. The lowest BCUT2D eigenvalue weighted by atomic mass is 9.86. The number of anilines is 1. The fourth-order valence-electron chi connectivity index (χ4n) is 2.70. The van der Waals surface area contributed by atoms with Gasteiger partial charge >= 0.3 is 0 Å². The summed E-state index contributed by atoms with van der Waals surface area (Å²) in [4.78, 5) is 22.2. The zero-order chi connectivity index (χ0) is 15.2. The van der Waals surface area contributed by atoms with Gasteiger partial charge < -0.3 is 10.6 Å². The first kappa shape index (κ1) is 15.3. The number of carbonyl (C=O) groups is 1. The summed E-state index contributed by atoms with van der Waals surface area (Å²) in [6.45, 7) is 2.29. The average Bonchev–Trinajstić information content (AvgIpc) is 2.48. The quantitative estimate of drug-likeness (QED) is 0.645. The van der Waals surface area contributed by atoms with E-state index in [1.807, 2.05) is 0 Å². The van der Waals surface area contributed by atoms with Crippen LogP contribution in [-0.4, -0.2) is 23.4 Å². The number of carbonyl (C=O) groups excluding carboxylic acids is 1. The third-order valence-corrected chi connectivity index (χ3v) is 3.97. The maximum Gasteiger partial charge on any atom is 0.271 e. The molecule has 0 bridgehead atoms. The molecule has 1 amide bonds. The van der Waals surface area contributed by atoms with Gasteiger partial charge in [-0.15, -0.1) is 0 Å². The first-order valence-corrected chi connectivity index (χ1v) is 7.34. The number of nitro benzene ring substituents is 1. The Bertz CT molecular complexity index is 519. The normalized spacial score (nSPS) is 21.6. The lowest BCUT2D eigenvalue weighted by Gasteiger charge is -2.29. The molecule has 0 unspecified atom stereocenters. The molecule has 0 aromatic heterocycles. The summed E-state index contributed by atoms with van der Waals surface area (Å²) in [5.41, 5.74) is 0.595. The maximum absolute atomic E-state index is 11.9. The second-order valence-electron chi connectivity index (χ2n) is 5.60. The number of amides is 1. The highest BCUT2D eigenvalue weighted by Gasteiger charge is 2.22. The van der Waals surface area contributed by atoms with E-state index in [0.717, 1.165) is 19.3 Å². The van der Waals surface area contributed by atoms with E-state index in [9.17, 15) is 14.9 Å². The Morgan fingerprint density at radius 3 is 2.86 bits per heavy atom. The summed E-state index contributed by atoms with van der Waals surface area (Å²) < 4.78 is 0. The van der Waals surface area contributed by atoms with Crippen molar-refractivity contribution in [2.24, 2.45) is 5.92 Å². The highest BCUT2D eigenvalue weighted by molar-refractivity contribution is 5.81. The minimum Gasteiger partial charge on any atom is -0.376 e. The van der Waals surface area contributed by atoms with Crippen molar-refractivity contribution in [3.05, 3.63) is 34.4 Å². The number of benzene rings is 1. The number of nitro groups is 1. The molecule has 1 fully saturated rings. The Morgan fingerprint density at radius 1 is 1.38 bits per heavy atom. The summed E-state index contributed by atoms with van der Waals surface area (Å²) in [6.07, 6.45) is 4.58. The average molecular weight is 291 g/mol. The standard InChI is InChI=1S/C15H21N3O3/c1-11-5-2-3-8-14(11)17-15(19)10-16-12-6-4-7-13(9-12)18(20)21/h4,6-7,9,11,14,16H,2-3,5,8,10H2,1H3,(H,17,19)/t11-,14-/m1/s1. The van der Waals surface area contributed by atoms with Crippen molar-refractivity contribution in [2.75, 3.05) is 11.9 Å². The lowest BCUT2D eigenvalue weighted by molar-refractivity contribution is -0.384. The second kappa shape index (κ2) is 7.06. The molecule has 1 aliphatic rings. The molecule has 0 saturated heterocycles. The van der Waals surface area contributed by atoms with Crippen LogP contribution in [0, 0.1) is 16.0 Å². The lowest BCUT2D eigenvalue weighted by Crippen LogP contribution is -2.43. The molecule has 2 rings (SSSR count). The van der Waals surface area contributed by atoms with Gasteiger partial charge in [0.15, 0.2) is 0 Å². The van der Waals surface area contributed by atoms with E-state index in [1.54, 1.807) is 12.1 Å². The number of hydrogen-bond donors (Lipinski definition) is 2. The summed E-state index contributed by atoms with van der Waals surface area (Å²) in [6, 6.07) is 6.41. The third-order valence-electron chi connectivity index (χ3n) is 3.97. The summed E-state index contributed by atoms with van der Waals surface area (Å²) in [7, 11) is 0. The van der Waals surface area contributed by atoms with Crippen molar-refractivity contribution in [3.8, 4) is 0 Å². The molecule has 0 radical (unpaired) electrons. The van der Waals surface area contributed by atoms with Gasteiger partial charge in [0.25, 0.3) is 5.69 Å². The van der Waals surface area contributed by atoms with Gasteiger partial charge in [-0.3, -0.25) is 14.9 Å². The van der Waals surface area contributed by atoms with Gasteiger partial charge in [-0.1, -0.05) is 25.8 Å². The molecule has 2 N–H and O–H groups in total. The Balaban J connectivity index is 1.83. The summed E-state index contributed by atoms with van der Waals surface area (Å²) in [5, 5.41) is 16.7. The van der Waals surface area contributed by atoms with Crippen LogP contribution in [0.15, 0.2) is 24.3 Å². The van der Waals surface area contributed by atoms with Gasteiger partial charge in [0, 0.05) is 23.9 Å².